The minimum atomic E-state index is -0.385. The molecule has 3 aromatic rings. The zero-order valence-electron chi connectivity index (χ0n) is 12.4. The van der Waals surface area contributed by atoms with Crippen LogP contribution in [0.5, 0.6) is 0 Å². The van der Waals surface area contributed by atoms with Gasteiger partial charge in [0.1, 0.15) is 17.2 Å². The third-order valence-electron chi connectivity index (χ3n) is 3.65. The maximum absolute atomic E-state index is 13.5. The van der Waals surface area contributed by atoms with E-state index in [1.807, 2.05) is 37.3 Å². The Balaban J connectivity index is 1.79. The summed E-state index contributed by atoms with van der Waals surface area (Å²) in [5, 5.41) is 3.81. The van der Waals surface area contributed by atoms with Crippen LogP contribution in [0.15, 0.2) is 52.9 Å². The molecule has 0 aliphatic rings. The lowest BCUT2D eigenvalue weighted by molar-refractivity contribution is 0.0935. The third-order valence-corrected chi connectivity index (χ3v) is 3.65. The topological polar surface area (TPSA) is 42.2 Å². The van der Waals surface area contributed by atoms with Gasteiger partial charge in [0.25, 0.3) is 5.91 Å². The number of aryl methyl sites for hydroxylation is 1. The number of hydrogen-bond donors (Lipinski definition) is 1. The van der Waals surface area contributed by atoms with Gasteiger partial charge in [0, 0.05) is 10.9 Å². The van der Waals surface area contributed by atoms with E-state index in [4.69, 9.17) is 4.42 Å². The molecule has 112 valence electrons. The Morgan fingerprint density at radius 3 is 2.68 bits per heavy atom. The molecule has 0 fully saturated rings. The molecule has 22 heavy (non-hydrogen) atoms. The standard InChI is InChI=1S/C18H16FNO2/c1-11-7-8-14(9-15(11)19)18(21)20-12(2)17-10-13-5-3-4-6-16(13)22-17/h3-10,12H,1-2H3,(H,20,21)/t12-/m1/s1. The molecular formula is C18H16FNO2. The summed E-state index contributed by atoms with van der Waals surface area (Å²) in [4.78, 5) is 12.2. The van der Waals surface area contributed by atoms with E-state index in [0.29, 0.717) is 16.9 Å². The molecule has 1 heterocycles. The van der Waals surface area contributed by atoms with Crippen LogP contribution >= 0.6 is 0 Å². The van der Waals surface area contributed by atoms with Crippen molar-refractivity contribution >= 4 is 16.9 Å². The average molecular weight is 297 g/mol. The summed E-state index contributed by atoms with van der Waals surface area (Å²) in [5.41, 5.74) is 1.59. The fourth-order valence-corrected chi connectivity index (χ4v) is 2.30. The molecule has 0 spiro atoms. The number of furan rings is 1. The van der Waals surface area contributed by atoms with Crippen LogP contribution in [-0.4, -0.2) is 5.91 Å². The smallest absolute Gasteiger partial charge is 0.251 e. The van der Waals surface area contributed by atoms with E-state index in [9.17, 15) is 9.18 Å². The lowest BCUT2D eigenvalue weighted by atomic mass is 10.1. The molecular weight excluding hydrogens is 281 g/mol. The number of carbonyl (C=O) groups excluding carboxylic acids is 1. The van der Waals surface area contributed by atoms with Crippen molar-refractivity contribution in [2.24, 2.45) is 0 Å². The number of fused-ring (bicyclic) bond motifs is 1. The van der Waals surface area contributed by atoms with E-state index < -0.39 is 0 Å². The van der Waals surface area contributed by atoms with Gasteiger partial charge in [0.05, 0.1) is 6.04 Å². The van der Waals surface area contributed by atoms with Crippen LogP contribution in [0.2, 0.25) is 0 Å². The van der Waals surface area contributed by atoms with Gasteiger partial charge in [-0.25, -0.2) is 4.39 Å². The SMILES string of the molecule is Cc1ccc(C(=O)N[C@H](C)c2cc3ccccc3o2)cc1F. The van der Waals surface area contributed by atoms with Crippen molar-refractivity contribution in [1.29, 1.82) is 0 Å². The predicted molar refractivity (Wildman–Crippen MR) is 83.2 cm³/mol. The maximum Gasteiger partial charge on any atom is 0.251 e. The van der Waals surface area contributed by atoms with Crippen molar-refractivity contribution in [1.82, 2.24) is 5.32 Å². The van der Waals surface area contributed by atoms with Crippen molar-refractivity contribution in [2.45, 2.75) is 19.9 Å². The summed E-state index contributed by atoms with van der Waals surface area (Å²) in [7, 11) is 0. The van der Waals surface area contributed by atoms with E-state index in [1.54, 1.807) is 19.1 Å². The van der Waals surface area contributed by atoms with Gasteiger partial charge in [-0.05, 0) is 43.7 Å². The molecule has 3 rings (SSSR count). The second-order valence-electron chi connectivity index (χ2n) is 5.35. The molecule has 0 saturated carbocycles. The molecule has 2 aromatic carbocycles. The number of carbonyl (C=O) groups is 1. The van der Waals surface area contributed by atoms with Crippen molar-refractivity contribution in [3.8, 4) is 0 Å². The first-order valence-corrected chi connectivity index (χ1v) is 7.10. The average Bonchev–Trinajstić information content (AvgIpc) is 2.94. The first-order valence-electron chi connectivity index (χ1n) is 7.10. The number of halogens is 1. The molecule has 0 radical (unpaired) electrons. The largest absolute Gasteiger partial charge is 0.459 e. The van der Waals surface area contributed by atoms with Crippen LogP contribution in [0, 0.1) is 12.7 Å². The van der Waals surface area contributed by atoms with Gasteiger partial charge in [-0.3, -0.25) is 4.79 Å². The highest BCUT2D eigenvalue weighted by molar-refractivity contribution is 5.94. The molecule has 4 heteroatoms. The van der Waals surface area contributed by atoms with Gasteiger partial charge in [-0.1, -0.05) is 24.3 Å². The van der Waals surface area contributed by atoms with Crippen LogP contribution in [0.25, 0.3) is 11.0 Å². The fourth-order valence-electron chi connectivity index (χ4n) is 2.30. The highest BCUT2D eigenvalue weighted by Gasteiger charge is 2.16. The summed E-state index contributed by atoms with van der Waals surface area (Å²) in [6, 6.07) is 13.7. The van der Waals surface area contributed by atoms with Crippen molar-refractivity contribution in [3.05, 3.63) is 71.2 Å². The lowest BCUT2D eigenvalue weighted by Gasteiger charge is -2.11. The van der Waals surface area contributed by atoms with Crippen LogP contribution in [-0.2, 0) is 0 Å². The second kappa shape index (κ2) is 5.64. The van der Waals surface area contributed by atoms with Crippen LogP contribution in [0.3, 0.4) is 0 Å². The fraction of sp³-hybridized carbons (Fsp3) is 0.167. The molecule has 0 aliphatic heterocycles. The van der Waals surface area contributed by atoms with Crippen LogP contribution < -0.4 is 5.32 Å². The molecule has 0 unspecified atom stereocenters. The van der Waals surface area contributed by atoms with Crippen molar-refractivity contribution in [2.75, 3.05) is 0 Å². The van der Waals surface area contributed by atoms with Crippen molar-refractivity contribution < 1.29 is 13.6 Å². The molecule has 0 bridgehead atoms. The Morgan fingerprint density at radius 2 is 1.95 bits per heavy atom. The normalized spacial score (nSPS) is 12.3. The molecule has 0 saturated heterocycles. The first kappa shape index (κ1) is 14.3. The highest BCUT2D eigenvalue weighted by atomic mass is 19.1. The summed E-state index contributed by atoms with van der Waals surface area (Å²) < 4.78 is 19.3. The van der Waals surface area contributed by atoms with Gasteiger partial charge < -0.3 is 9.73 Å². The van der Waals surface area contributed by atoms with E-state index in [1.165, 1.54) is 6.07 Å². The van der Waals surface area contributed by atoms with Gasteiger partial charge in [-0.2, -0.15) is 0 Å². The van der Waals surface area contributed by atoms with E-state index in [2.05, 4.69) is 5.32 Å². The molecule has 1 amide bonds. The predicted octanol–water partition coefficient (Wildman–Crippen LogP) is 4.37. The highest BCUT2D eigenvalue weighted by Crippen LogP contribution is 2.23. The lowest BCUT2D eigenvalue weighted by Crippen LogP contribution is -2.26. The minimum absolute atomic E-state index is 0.297. The number of hydrogen-bond acceptors (Lipinski definition) is 2. The Kier molecular flexibility index (Phi) is 3.67. The zero-order chi connectivity index (χ0) is 15.7. The number of rotatable bonds is 3. The number of benzene rings is 2. The Morgan fingerprint density at radius 1 is 1.18 bits per heavy atom. The van der Waals surface area contributed by atoms with Crippen molar-refractivity contribution in [3.63, 3.8) is 0 Å². The Labute approximate surface area is 127 Å². The molecule has 0 aliphatic carbocycles. The van der Waals surface area contributed by atoms with Crippen LogP contribution in [0.1, 0.15) is 34.6 Å². The summed E-state index contributed by atoms with van der Waals surface area (Å²) in [6.45, 7) is 3.49. The minimum Gasteiger partial charge on any atom is -0.459 e. The second-order valence-corrected chi connectivity index (χ2v) is 5.35. The summed E-state index contributed by atoms with van der Waals surface area (Å²) >= 11 is 0. The maximum atomic E-state index is 13.5. The van der Waals surface area contributed by atoms with Gasteiger partial charge in [0.2, 0.25) is 0 Å². The monoisotopic (exact) mass is 297 g/mol. The number of para-hydroxylation sites is 1. The van der Waals surface area contributed by atoms with Gasteiger partial charge >= 0.3 is 0 Å². The van der Waals surface area contributed by atoms with Crippen LogP contribution in [0.4, 0.5) is 4.39 Å². The first-order chi connectivity index (χ1) is 10.5. The summed E-state index contributed by atoms with van der Waals surface area (Å²) in [5.74, 6) is -0.0435. The molecule has 1 atom stereocenters. The van der Waals surface area contributed by atoms with Gasteiger partial charge in [-0.15, -0.1) is 0 Å². The number of nitrogens with one attached hydrogen (secondary N) is 1. The molecule has 1 N–H and O–H groups in total. The zero-order valence-corrected chi connectivity index (χ0v) is 12.4. The van der Waals surface area contributed by atoms with Gasteiger partial charge in [0.15, 0.2) is 0 Å². The molecule has 3 nitrogen and oxygen atoms in total. The third kappa shape index (κ3) is 2.72. The molecule has 1 aromatic heterocycles. The Hall–Kier alpha value is -2.62. The van der Waals surface area contributed by atoms with E-state index in [-0.39, 0.29) is 17.8 Å². The van der Waals surface area contributed by atoms with E-state index in [0.717, 1.165) is 11.0 Å². The van der Waals surface area contributed by atoms with E-state index >= 15 is 0 Å². The quantitative estimate of drug-likeness (QED) is 0.780. The number of amides is 1. The summed E-state index contributed by atoms with van der Waals surface area (Å²) in [6.07, 6.45) is 0. The Bertz CT molecular complexity index is 805.